The lowest BCUT2D eigenvalue weighted by molar-refractivity contribution is 0.0547. The maximum atomic E-state index is 2.78. The molecule has 20 heavy (non-hydrogen) atoms. The average molecular weight is 271 g/mol. The molecule has 3 rings (SSSR count). The maximum absolute atomic E-state index is 2.78. The van der Waals surface area contributed by atoms with E-state index >= 15 is 0 Å². The van der Waals surface area contributed by atoms with Crippen LogP contribution in [0.1, 0.15) is 69.4 Å². The number of fused-ring (bicyclic) bond motifs is 1. The minimum Gasteiger partial charge on any atom is -0.296 e. The molecule has 1 aromatic carbocycles. The number of nitrogens with zero attached hydrogens (tertiary/aromatic N) is 1. The molecule has 1 saturated carbocycles. The van der Waals surface area contributed by atoms with Crippen molar-refractivity contribution in [3.05, 3.63) is 35.4 Å². The summed E-state index contributed by atoms with van der Waals surface area (Å²) in [5.74, 6) is 1.63. The van der Waals surface area contributed by atoms with Crippen LogP contribution in [0, 0.1) is 5.92 Å². The summed E-state index contributed by atoms with van der Waals surface area (Å²) in [5, 5.41) is 0. The summed E-state index contributed by atoms with van der Waals surface area (Å²) in [6.45, 7) is 7.02. The summed E-state index contributed by atoms with van der Waals surface area (Å²) in [6.07, 6.45) is 8.73. The molecular formula is C19H29N. The van der Waals surface area contributed by atoms with Crippen LogP contribution in [0.15, 0.2) is 24.3 Å². The van der Waals surface area contributed by atoms with Crippen LogP contribution in [0.2, 0.25) is 0 Å². The summed E-state index contributed by atoms with van der Waals surface area (Å²) in [4.78, 5) is 2.78. The molecule has 0 bridgehead atoms. The van der Waals surface area contributed by atoms with Crippen LogP contribution in [0.5, 0.6) is 0 Å². The fraction of sp³-hybridized carbons (Fsp3) is 0.684. The maximum Gasteiger partial charge on any atom is 0.0236 e. The zero-order chi connectivity index (χ0) is 13.9. The molecule has 0 radical (unpaired) electrons. The summed E-state index contributed by atoms with van der Waals surface area (Å²) in [5.41, 5.74) is 2.96. The quantitative estimate of drug-likeness (QED) is 0.750. The second-order valence-electron chi connectivity index (χ2n) is 7.12. The van der Waals surface area contributed by atoms with Gasteiger partial charge in [-0.3, -0.25) is 4.90 Å². The van der Waals surface area contributed by atoms with Gasteiger partial charge in [-0.25, -0.2) is 0 Å². The van der Waals surface area contributed by atoms with E-state index in [-0.39, 0.29) is 0 Å². The molecule has 2 aliphatic rings. The Balaban J connectivity index is 1.66. The van der Waals surface area contributed by atoms with Crippen molar-refractivity contribution in [1.29, 1.82) is 0 Å². The third kappa shape index (κ3) is 3.09. The first-order valence-electron chi connectivity index (χ1n) is 8.57. The smallest absolute Gasteiger partial charge is 0.0236 e. The van der Waals surface area contributed by atoms with Crippen molar-refractivity contribution in [2.24, 2.45) is 5.92 Å². The number of benzene rings is 1. The lowest BCUT2D eigenvalue weighted by Gasteiger charge is -2.44. The Morgan fingerprint density at radius 1 is 1.00 bits per heavy atom. The van der Waals surface area contributed by atoms with Crippen molar-refractivity contribution in [2.75, 3.05) is 6.54 Å². The molecule has 1 aromatic rings. The van der Waals surface area contributed by atoms with Gasteiger partial charge in [-0.05, 0) is 55.2 Å². The van der Waals surface area contributed by atoms with Gasteiger partial charge in [0.15, 0.2) is 0 Å². The molecule has 2 fully saturated rings. The van der Waals surface area contributed by atoms with Crippen LogP contribution in [0.25, 0.3) is 0 Å². The van der Waals surface area contributed by atoms with Crippen LogP contribution in [-0.4, -0.2) is 17.5 Å². The van der Waals surface area contributed by atoms with Gasteiger partial charge in [-0.15, -0.1) is 0 Å². The summed E-state index contributed by atoms with van der Waals surface area (Å²) in [7, 11) is 0. The predicted molar refractivity (Wildman–Crippen MR) is 85.9 cm³/mol. The van der Waals surface area contributed by atoms with Gasteiger partial charge in [0.1, 0.15) is 0 Å². The minimum atomic E-state index is 0.641. The second kappa shape index (κ2) is 6.30. The van der Waals surface area contributed by atoms with Gasteiger partial charge in [-0.1, -0.05) is 51.0 Å². The Hall–Kier alpha value is -0.820. The monoisotopic (exact) mass is 271 g/mol. The Morgan fingerprint density at radius 2 is 1.70 bits per heavy atom. The standard InChI is InChI=1S/C19H29N/c1-15(2)17-11-9-16(10-12-17)14-20-13-5-7-18-6-3-4-8-19(18)20/h9-12,15,18-19H,3-8,13-14H2,1-2H3. The molecule has 1 aliphatic carbocycles. The van der Waals surface area contributed by atoms with Gasteiger partial charge in [0.05, 0.1) is 0 Å². The van der Waals surface area contributed by atoms with Gasteiger partial charge in [0, 0.05) is 12.6 Å². The van der Waals surface area contributed by atoms with E-state index in [1.165, 1.54) is 62.7 Å². The first-order valence-corrected chi connectivity index (χ1v) is 8.57. The highest BCUT2D eigenvalue weighted by molar-refractivity contribution is 5.24. The summed E-state index contributed by atoms with van der Waals surface area (Å²) >= 11 is 0. The van der Waals surface area contributed by atoms with Crippen LogP contribution in [0.3, 0.4) is 0 Å². The van der Waals surface area contributed by atoms with Gasteiger partial charge in [0.25, 0.3) is 0 Å². The zero-order valence-electron chi connectivity index (χ0n) is 13.1. The van der Waals surface area contributed by atoms with E-state index in [9.17, 15) is 0 Å². The van der Waals surface area contributed by atoms with Crippen molar-refractivity contribution in [3.8, 4) is 0 Å². The number of hydrogen-bond acceptors (Lipinski definition) is 1. The van der Waals surface area contributed by atoms with Crippen LogP contribution < -0.4 is 0 Å². The number of piperidine rings is 1. The lowest BCUT2D eigenvalue weighted by atomic mass is 9.78. The number of likely N-dealkylation sites (tertiary alicyclic amines) is 1. The summed E-state index contributed by atoms with van der Waals surface area (Å²) in [6, 6.07) is 10.2. The van der Waals surface area contributed by atoms with Gasteiger partial charge in [0.2, 0.25) is 0 Å². The van der Waals surface area contributed by atoms with E-state index in [1.807, 2.05) is 0 Å². The molecule has 1 heterocycles. The highest BCUT2D eigenvalue weighted by Crippen LogP contribution is 2.35. The van der Waals surface area contributed by atoms with E-state index in [0.29, 0.717) is 5.92 Å². The third-order valence-electron chi connectivity index (χ3n) is 5.39. The molecule has 1 nitrogen and oxygen atoms in total. The molecule has 1 heteroatoms. The van der Waals surface area contributed by atoms with Crippen LogP contribution in [-0.2, 0) is 6.54 Å². The largest absolute Gasteiger partial charge is 0.296 e. The Morgan fingerprint density at radius 3 is 2.45 bits per heavy atom. The van der Waals surface area contributed by atoms with Crippen molar-refractivity contribution < 1.29 is 0 Å². The molecule has 0 spiro atoms. The molecule has 0 N–H and O–H groups in total. The highest BCUT2D eigenvalue weighted by atomic mass is 15.2. The average Bonchev–Trinajstić information content (AvgIpc) is 2.48. The topological polar surface area (TPSA) is 3.24 Å². The second-order valence-corrected chi connectivity index (χ2v) is 7.12. The lowest BCUT2D eigenvalue weighted by Crippen LogP contribution is -2.46. The van der Waals surface area contributed by atoms with Gasteiger partial charge in [-0.2, -0.15) is 0 Å². The van der Waals surface area contributed by atoms with Crippen molar-refractivity contribution in [1.82, 2.24) is 4.90 Å². The van der Waals surface area contributed by atoms with E-state index in [4.69, 9.17) is 0 Å². The summed E-state index contributed by atoms with van der Waals surface area (Å²) < 4.78 is 0. The van der Waals surface area contributed by atoms with Gasteiger partial charge >= 0.3 is 0 Å². The highest BCUT2D eigenvalue weighted by Gasteiger charge is 2.32. The molecule has 2 atom stereocenters. The van der Waals surface area contributed by atoms with Crippen LogP contribution in [0.4, 0.5) is 0 Å². The van der Waals surface area contributed by atoms with Crippen molar-refractivity contribution in [2.45, 2.75) is 70.9 Å². The molecule has 0 amide bonds. The van der Waals surface area contributed by atoms with E-state index in [1.54, 1.807) is 0 Å². The Labute approximate surface area is 124 Å². The number of hydrogen-bond donors (Lipinski definition) is 0. The van der Waals surface area contributed by atoms with E-state index < -0.39 is 0 Å². The van der Waals surface area contributed by atoms with E-state index in [0.717, 1.165) is 12.0 Å². The Bertz CT molecular complexity index is 418. The first-order chi connectivity index (χ1) is 9.74. The fourth-order valence-corrected chi connectivity index (χ4v) is 4.17. The third-order valence-corrected chi connectivity index (χ3v) is 5.39. The zero-order valence-corrected chi connectivity index (χ0v) is 13.1. The van der Waals surface area contributed by atoms with Crippen molar-refractivity contribution >= 4 is 0 Å². The number of rotatable bonds is 3. The molecule has 1 saturated heterocycles. The molecule has 1 aliphatic heterocycles. The predicted octanol–water partition coefficient (Wildman–Crippen LogP) is 4.96. The molecule has 110 valence electrons. The molecule has 0 aromatic heterocycles. The normalized spacial score (nSPS) is 27.6. The van der Waals surface area contributed by atoms with Crippen LogP contribution >= 0.6 is 0 Å². The molecule has 2 unspecified atom stereocenters. The van der Waals surface area contributed by atoms with Crippen molar-refractivity contribution in [3.63, 3.8) is 0 Å². The van der Waals surface area contributed by atoms with E-state index in [2.05, 4.69) is 43.0 Å². The Kier molecular flexibility index (Phi) is 4.45. The van der Waals surface area contributed by atoms with Gasteiger partial charge < -0.3 is 0 Å². The minimum absolute atomic E-state index is 0.641. The SMILES string of the molecule is CC(C)c1ccc(CN2CCCC3CCCCC32)cc1. The fourth-order valence-electron chi connectivity index (χ4n) is 4.17. The first kappa shape index (κ1) is 14.1. The molecular weight excluding hydrogens is 242 g/mol.